The van der Waals surface area contributed by atoms with Crippen molar-refractivity contribution in [2.24, 2.45) is 11.8 Å². The Morgan fingerprint density at radius 2 is 1.86 bits per heavy atom. The van der Waals surface area contributed by atoms with Gasteiger partial charge in [0.2, 0.25) is 5.91 Å². The first-order valence-corrected chi connectivity index (χ1v) is 12.4. The smallest absolute Gasteiger partial charge is 0.225 e. The highest BCUT2D eigenvalue weighted by molar-refractivity contribution is 5.93. The summed E-state index contributed by atoms with van der Waals surface area (Å²) in [6.07, 6.45) is 10.6. The minimum atomic E-state index is 0.288. The molecule has 1 aliphatic carbocycles. The summed E-state index contributed by atoms with van der Waals surface area (Å²) in [7, 11) is 0. The van der Waals surface area contributed by atoms with E-state index in [9.17, 15) is 4.79 Å². The van der Waals surface area contributed by atoms with Gasteiger partial charge in [-0.2, -0.15) is 0 Å². The number of hydrogen-bond acceptors (Lipinski definition) is 4. The molecule has 7 rings (SSSR count). The molecule has 174 valence electrons. The van der Waals surface area contributed by atoms with Crippen molar-refractivity contribution < 1.29 is 4.79 Å². The van der Waals surface area contributed by atoms with Crippen molar-refractivity contribution in [1.29, 1.82) is 0 Å². The Kier molecular flexibility index (Phi) is 4.68. The van der Waals surface area contributed by atoms with Crippen molar-refractivity contribution in [3.05, 3.63) is 67.3 Å². The van der Waals surface area contributed by atoms with Gasteiger partial charge >= 0.3 is 0 Å². The zero-order chi connectivity index (χ0) is 23.4. The average molecular weight is 463 g/mol. The molecule has 0 unspecified atom stereocenters. The third kappa shape index (κ3) is 3.58. The van der Waals surface area contributed by atoms with Crippen LogP contribution in [0.25, 0.3) is 44.6 Å². The van der Waals surface area contributed by atoms with Crippen LogP contribution in [0.2, 0.25) is 0 Å². The van der Waals surface area contributed by atoms with Crippen molar-refractivity contribution in [3.63, 3.8) is 0 Å². The molecule has 1 aliphatic heterocycles. The molecule has 2 aliphatic rings. The van der Waals surface area contributed by atoms with Crippen molar-refractivity contribution in [3.8, 4) is 22.5 Å². The molecular weight excluding hydrogens is 436 g/mol. The number of fused-ring (bicyclic) bond motifs is 2. The molecule has 0 radical (unpaired) electrons. The number of rotatable bonds is 5. The Morgan fingerprint density at radius 1 is 1.00 bits per heavy atom. The maximum atomic E-state index is 12.6. The quantitative estimate of drug-likeness (QED) is 0.403. The van der Waals surface area contributed by atoms with Crippen LogP contribution >= 0.6 is 0 Å². The topological polar surface area (TPSA) is 79.7 Å². The number of amides is 1. The van der Waals surface area contributed by atoms with E-state index in [0.29, 0.717) is 11.8 Å². The zero-order valence-corrected chi connectivity index (χ0v) is 19.4. The number of H-pyrrole nitrogens is 1. The monoisotopic (exact) mass is 462 g/mol. The third-order valence-corrected chi connectivity index (χ3v) is 7.43. The molecular formula is C28H26N6O. The molecule has 1 aromatic carbocycles. The number of aromatic amines is 1. The summed E-state index contributed by atoms with van der Waals surface area (Å²) < 4.78 is 2.32. The fraction of sp³-hybridized carbons (Fsp3) is 0.286. The molecule has 5 aromatic rings. The molecule has 7 heteroatoms. The van der Waals surface area contributed by atoms with E-state index in [1.54, 1.807) is 0 Å². The lowest BCUT2D eigenvalue weighted by molar-refractivity contribution is -0.131. The van der Waals surface area contributed by atoms with E-state index < -0.39 is 0 Å². The lowest BCUT2D eigenvalue weighted by Gasteiger charge is -2.18. The van der Waals surface area contributed by atoms with Crippen molar-refractivity contribution in [1.82, 2.24) is 29.4 Å². The number of hydrogen-bond donors (Lipinski definition) is 1. The summed E-state index contributed by atoms with van der Waals surface area (Å²) >= 11 is 0. The van der Waals surface area contributed by atoms with Gasteiger partial charge in [-0.05, 0) is 54.5 Å². The number of carbonyl (C=O) groups is 1. The maximum Gasteiger partial charge on any atom is 0.225 e. The standard InChI is InChI=1S/C28H26N6O/c35-28(21-5-6-21)33-14-10-18(16-33)17-34-25-9-11-29-15-24(25)32-27(34)20-3-1-19(2-4-20)22-7-12-30-26-23(22)8-13-31-26/h1-4,7-9,11-13,15,18,21H,5-6,10,14,16-17H2,(H,30,31)/t18-/m1/s1. The number of nitrogens with one attached hydrogen (secondary N) is 1. The SMILES string of the molecule is O=C(C1CC1)N1CC[C@@H](Cn2c(-c3ccc(-c4ccnc5[nH]ccc45)cc3)nc3cnccc32)C1. The van der Waals surface area contributed by atoms with E-state index in [-0.39, 0.29) is 5.92 Å². The molecule has 1 saturated heterocycles. The molecule has 35 heavy (non-hydrogen) atoms. The summed E-state index contributed by atoms with van der Waals surface area (Å²) in [6.45, 7) is 2.56. The highest BCUT2D eigenvalue weighted by Gasteiger charge is 2.36. The molecule has 4 aromatic heterocycles. The Bertz CT molecular complexity index is 1550. The van der Waals surface area contributed by atoms with Gasteiger partial charge in [0.25, 0.3) is 0 Å². The Labute approximate surface area is 202 Å². The molecule has 7 nitrogen and oxygen atoms in total. The van der Waals surface area contributed by atoms with Gasteiger partial charge < -0.3 is 14.5 Å². The first-order chi connectivity index (χ1) is 17.2. The Hall–Kier alpha value is -4.00. The van der Waals surface area contributed by atoms with Gasteiger partial charge in [-0.25, -0.2) is 9.97 Å². The lowest BCUT2D eigenvalue weighted by Crippen LogP contribution is -2.30. The summed E-state index contributed by atoms with van der Waals surface area (Å²) in [4.78, 5) is 31.5. The molecule has 0 spiro atoms. The number of nitrogens with zero attached hydrogens (tertiary/aromatic N) is 5. The second-order valence-corrected chi connectivity index (χ2v) is 9.80. The predicted octanol–water partition coefficient (Wildman–Crippen LogP) is 4.90. The van der Waals surface area contributed by atoms with E-state index in [1.165, 1.54) is 0 Å². The number of aromatic nitrogens is 5. The molecule has 1 amide bonds. The molecule has 1 saturated carbocycles. The molecule has 5 heterocycles. The van der Waals surface area contributed by atoms with Gasteiger partial charge in [-0.15, -0.1) is 0 Å². The molecule has 1 N–H and O–H groups in total. The van der Waals surface area contributed by atoms with E-state index in [2.05, 4.69) is 60.8 Å². The third-order valence-electron chi connectivity index (χ3n) is 7.43. The van der Waals surface area contributed by atoms with Crippen LogP contribution < -0.4 is 0 Å². The fourth-order valence-electron chi connectivity index (χ4n) is 5.43. The maximum absolute atomic E-state index is 12.6. The van der Waals surface area contributed by atoms with Gasteiger partial charge in [0, 0.05) is 55.1 Å². The van der Waals surface area contributed by atoms with Gasteiger partial charge in [0.05, 0.1) is 11.7 Å². The van der Waals surface area contributed by atoms with Crippen molar-refractivity contribution in [2.45, 2.75) is 25.8 Å². The zero-order valence-electron chi connectivity index (χ0n) is 19.4. The van der Waals surface area contributed by atoms with Crippen LogP contribution in [0.15, 0.2) is 67.3 Å². The first kappa shape index (κ1) is 20.4. The van der Waals surface area contributed by atoms with Crippen LogP contribution in [-0.4, -0.2) is 48.4 Å². The molecule has 0 bridgehead atoms. The highest BCUT2D eigenvalue weighted by atomic mass is 16.2. The Morgan fingerprint density at radius 3 is 2.71 bits per heavy atom. The molecule has 2 fully saturated rings. The van der Waals surface area contributed by atoms with E-state index >= 15 is 0 Å². The number of imidazole rings is 1. The minimum Gasteiger partial charge on any atom is -0.346 e. The summed E-state index contributed by atoms with van der Waals surface area (Å²) in [5.74, 6) is 2.03. The molecule has 1 atom stereocenters. The fourth-order valence-corrected chi connectivity index (χ4v) is 5.43. The van der Waals surface area contributed by atoms with Crippen LogP contribution in [0, 0.1) is 11.8 Å². The number of carbonyl (C=O) groups excluding carboxylic acids is 1. The van der Waals surface area contributed by atoms with E-state index in [1.807, 2.05) is 30.9 Å². The second-order valence-electron chi connectivity index (χ2n) is 9.80. The number of likely N-dealkylation sites (tertiary alicyclic amines) is 1. The van der Waals surface area contributed by atoms with Crippen LogP contribution in [0.4, 0.5) is 0 Å². The van der Waals surface area contributed by atoms with Gasteiger partial charge in [0.15, 0.2) is 0 Å². The summed E-state index contributed by atoms with van der Waals surface area (Å²) in [5.41, 5.74) is 6.27. The predicted molar refractivity (Wildman–Crippen MR) is 135 cm³/mol. The first-order valence-electron chi connectivity index (χ1n) is 12.4. The second kappa shape index (κ2) is 8.05. The number of benzene rings is 1. The lowest BCUT2D eigenvalue weighted by atomic mass is 10.0. The van der Waals surface area contributed by atoms with Crippen LogP contribution in [0.3, 0.4) is 0 Å². The van der Waals surface area contributed by atoms with Crippen LogP contribution in [0.1, 0.15) is 19.3 Å². The summed E-state index contributed by atoms with van der Waals surface area (Å²) in [6, 6.07) is 14.8. The van der Waals surface area contributed by atoms with E-state index in [0.717, 1.165) is 83.5 Å². The highest BCUT2D eigenvalue weighted by Crippen LogP contribution is 2.34. The number of pyridine rings is 2. The van der Waals surface area contributed by atoms with Crippen molar-refractivity contribution in [2.75, 3.05) is 13.1 Å². The largest absolute Gasteiger partial charge is 0.346 e. The normalized spacial score (nSPS) is 18.1. The Balaban J connectivity index is 1.21. The minimum absolute atomic E-state index is 0.288. The summed E-state index contributed by atoms with van der Waals surface area (Å²) in [5, 5.41) is 1.12. The van der Waals surface area contributed by atoms with Gasteiger partial charge in [0.1, 0.15) is 17.0 Å². The van der Waals surface area contributed by atoms with Crippen molar-refractivity contribution >= 4 is 28.0 Å². The van der Waals surface area contributed by atoms with Gasteiger partial charge in [-0.3, -0.25) is 9.78 Å². The van der Waals surface area contributed by atoms with Crippen LogP contribution in [0.5, 0.6) is 0 Å². The van der Waals surface area contributed by atoms with Gasteiger partial charge in [-0.1, -0.05) is 24.3 Å². The van der Waals surface area contributed by atoms with E-state index in [4.69, 9.17) is 4.98 Å². The average Bonchev–Trinajstić information content (AvgIpc) is 3.28. The van der Waals surface area contributed by atoms with Crippen LogP contribution in [-0.2, 0) is 11.3 Å².